The van der Waals surface area contributed by atoms with Gasteiger partial charge in [0.1, 0.15) is 12.4 Å². The number of carbonyl (C=O) groups is 1. The molecule has 1 amide bonds. The zero-order valence-corrected chi connectivity index (χ0v) is 15.0. The number of benzene rings is 1. The van der Waals surface area contributed by atoms with Crippen LogP contribution in [0.5, 0.6) is 5.75 Å². The molecule has 2 heterocycles. The molecule has 0 bridgehead atoms. The van der Waals surface area contributed by atoms with Crippen LogP contribution < -0.4 is 9.64 Å². The van der Waals surface area contributed by atoms with Crippen molar-refractivity contribution in [2.24, 2.45) is 4.99 Å². The second-order valence-electron chi connectivity index (χ2n) is 5.56. The van der Waals surface area contributed by atoms with Gasteiger partial charge in [-0.2, -0.15) is 4.99 Å². The summed E-state index contributed by atoms with van der Waals surface area (Å²) >= 11 is 1.32. The highest BCUT2D eigenvalue weighted by Crippen LogP contribution is 2.43. The molecule has 0 aromatic heterocycles. The van der Waals surface area contributed by atoms with E-state index in [4.69, 9.17) is 9.47 Å². The number of amides is 1. The van der Waals surface area contributed by atoms with Gasteiger partial charge in [-0.15, -0.1) is 0 Å². The minimum Gasteiger partial charge on any atom is -0.495 e. The number of rotatable bonds is 4. The number of anilines is 1. The van der Waals surface area contributed by atoms with E-state index in [0.29, 0.717) is 16.6 Å². The van der Waals surface area contributed by atoms with Crippen LogP contribution in [0.1, 0.15) is 0 Å². The smallest absolute Gasteiger partial charge is 0.274 e. The van der Waals surface area contributed by atoms with Crippen LogP contribution in [0.15, 0.2) is 29.3 Å². The van der Waals surface area contributed by atoms with Crippen molar-refractivity contribution >= 4 is 38.4 Å². The Labute approximate surface area is 144 Å². The topological polar surface area (TPSA) is 85.3 Å². The first-order valence-electron chi connectivity index (χ1n) is 7.35. The number of aliphatic imine (C=N–C) groups is 1. The lowest BCUT2D eigenvalue weighted by Crippen LogP contribution is -2.38. The lowest BCUT2D eigenvalue weighted by Gasteiger charge is -2.26. The Morgan fingerprint density at radius 3 is 2.79 bits per heavy atom. The quantitative estimate of drug-likeness (QED) is 0.780. The predicted octanol–water partition coefficient (Wildman–Crippen LogP) is 0.943. The number of amidine groups is 1. The highest BCUT2D eigenvalue weighted by molar-refractivity contribution is 8.16. The Balaban J connectivity index is 2.03. The van der Waals surface area contributed by atoms with Gasteiger partial charge in [-0.1, -0.05) is 23.9 Å². The number of thioether (sulfide) groups is 1. The summed E-state index contributed by atoms with van der Waals surface area (Å²) in [6.45, 7) is -0.114. The number of carbonyl (C=O) groups excluding carboxylic acids is 1. The van der Waals surface area contributed by atoms with Crippen molar-refractivity contribution in [2.45, 2.75) is 11.3 Å². The van der Waals surface area contributed by atoms with Crippen LogP contribution in [0.3, 0.4) is 0 Å². The standard InChI is InChI=1S/C15H18N2O5S2/c1-21-7-14(18)16-15-17(10-5-3-4-6-12(10)22-2)11-8-24(19,20)9-13(11)23-15/h3-6,11,13H,7-9H2,1-2H3/t11-,13-/m0/s1. The zero-order valence-electron chi connectivity index (χ0n) is 13.3. The van der Waals surface area contributed by atoms with E-state index in [9.17, 15) is 13.2 Å². The molecule has 0 spiro atoms. The fourth-order valence-corrected chi connectivity index (χ4v) is 6.86. The maximum atomic E-state index is 12.0. The molecule has 130 valence electrons. The van der Waals surface area contributed by atoms with E-state index in [2.05, 4.69) is 4.99 Å². The van der Waals surface area contributed by atoms with Gasteiger partial charge < -0.3 is 14.4 Å². The summed E-state index contributed by atoms with van der Waals surface area (Å²) in [5.74, 6) is 0.337. The second-order valence-corrected chi connectivity index (χ2v) is 8.92. The number of fused-ring (bicyclic) bond motifs is 1. The lowest BCUT2D eigenvalue weighted by atomic mass is 10.2. The van der Waals surface area contributed by atoms with Crippen molar-refractivity contribution in [2.75, 3.05) is 37.2 Å². The van der Waals surface area contributed by atoms with Crippen LogP contribution in [0, 0.1) is 0 Å². The maximum Gasteiger partial charge on any atom is 0.274 e. The van der Waals surface area contributed by atoms with Crippen LogP contribution in [-0.2, 0) is 19.4 Å². The van der Waals surface area contributed by atoms with Crippen molar-refractivity contribution in [3.8, 4) is 5.75 Å². The Hall–Kier alpha value is -1.58. The van der Waals surface area contributed by atoms with Crippen molar-refractivity contribution in [3.63, 3.8) is 0 Å². The molecule has 0 saturated carbocycles. The fourth-order valence-electron chi connectivity index (χ4n) is 2.94. The third kappa shape index (κ3) is 3.28. The Bertz CT molecular complexity index is 778. The first-order valence-corrected chi connectivity index (χ1v) is 10.0. The fraction of sp³-hybridized carbons (Fsp3) is 0.467. The Morgan fingerprint density at radius 1 is 1.33 bits per heavy atom. The molecule has 3 rings (SSSR count). The number of hydrogen-bond acceptors (Lipinski definition) is 6. The molecule has 7 nitrogen and oxygen atoms in total. The number of hydrogen-bond donors (Lipinski definition) is 0. The molecular formula is C15H18N2O5S2. The zero-order chi connectivity index (χ0) is 17.3. The summed E-state index contributed by atoms with van der Waals surface area (Å²) in [5.41, 5.74) is 0.709. The largest absolute Gasteiger partial charge is 0.495 e. The molecule has 0 unspecified atom stereocenters. The average molecular weight is 370 g/mol. The van der Waals surface area contributed by atoms with Crippen molar-refractivity contribution < 1.29 is 22.7 Å². The van der Waals surface area contributed by atoms with E-state index < -0.39 is 15.7 Å². The van der Waals surface area contributed by atoms with Gasteiger partial charge in [0.05, 0.1) is 30.3 Å². The van der Waals surface area contributed by atoms with Gasteiger partial charge in [-0.05, 0) is 12.1 Å². The number of methoxy groups -OCH3 is 2. The lowest BCUT2D eigenvalue weighted by molar-refractivity contribution is -0.121. The summed E-state index contributed by atoms with van der Waals surface area (Å²) in [5, 5.41) is 0.348. The van der Waals surface area contributed by atoms with Gasteiger partial charge in [-0.3, -0.25) is 4.79 Å². The highest BCUT2D eigenvalue weighted by atomic mass is 32.2. The monoisotopic (exact) mass is 370 g/mol. The molecule has 0 aliphatic carbocycles. The van der Waals surface area contributed by atoms with Crippen LogP contribution in [0.2, 0.25) is 0 Å². The highest BCUT2D eigenvalue weighted by Gasteiger charge is 2.49. The number of ether oxygens (including phenoxy) is 2. The van der Waals surface area contributed by atoms with E-state index in [1.807, 2.05) is 23.1 Å². The van der Waals surface area contributed by atoms with Crippen LogP contribution in [0.4, 0.5) is 5.69 Å². The SMILES string of the molecule is COCC(=O)N=C1S[C@H]2CS(=O)(=O)C[C@@H]2N1c1ccccc1OC. The number of nitrogens with zero attached hydrogens (tertiary/aromatic N) is 2. The Morgan fingerprint density at radius 2 is 2.08 bits per heavy atom. The summed E-state index contributed by atoms with van der Waals surface area (Å²) < 4.78 is 34.2. The number of para-hydroxylation sites is 2. The molecule has 1 aromatic carbocycles. The van der Waals surface area contributed by atoms with E-state index in [1.54, 1.807) is 13.2 Å². The first-order chi connectivity index (χ1) is 11.4. The van der Waals surface area contributed by atoms with Gasteiger partial charge in [0, 0.05) is 12.4 Å². The third-order valence-electron chi connectivity index (χ3n) is 3.90. The van der Waals surface area contributed by atoms with Gasteiger partial charge in [0.15, 0.2) is 15.0 Å². The molecule has 1 aromatic rings. The van der Waals surface area contributed by atoms with E-state index in [0.717, 1.165) is 0 Å². The minimum atomic E-state index is -3.10. The van der Waals surface area contributed by atoms with E-state index in [-0.39, 0.29) is 29.4 Å². The molecule has 9 heteroatoms. The number of sulfone groups is 1. The predicted molar refractivity (Wildman–Crippen MR) is 93.6 cm³/mol. The van der Waals surface area contributed by atoms with Gasteiger partial charge in [-0.25, -0.2) is 8.42 Å². The van der Waals surface area contributed by atoms with E-state index in [1.165, 1.54) is 18.9 Å². The van der Waals surface area contributed by atoms with Crippen molar-refractivity contribution in [1.82, 2.24) is 0 Å². The van der Waals surface area contributed by atoms with Crippen LogP contribution in [0.25, 0.3) is 0 Å². The van der Waals surface area contributed by atoms with Crippen molar-refractivity contribution in [3.05, 3.63) is 24.3 Å². The van der Waals surface area contributed by atoms with Gasteiger partial charge in [0.25, 0.3) is 5.91 Å². The maximum absolute atomic E-state index is 12.0. The second kappa shape index (κ2) is 6.73. The third-order valence-corrected chi connectivity index (χ3v) is 7.11. The van der Waals surface area contributed by atoms with Crippen LogP contribution in [-0.4, -0.2) is 63.1 Å². The molecule has 2 fully saturated rings. The summed E-state index contributed by atoms with van der Waals surface area (Å²) in [4.78, 5) is 17.8. The molecule has 0 N–H and O–H groups in total. The normalized spacial score (nSPS) is 26.6. The molecule has 24 heavy (non-hydrogen) atoms. The molecule has 2 aliphatic rings. The van der Waals surface area contributed by atoms with Crippen molar-refractivity contribution in [1.29, 1.82) is 0 Å². The van der Waals surface area contributed by atoms with Gasteiger partial charge >= 0.3 is 0 Å². The molecule has 0 radical (unpaired) electrons. The van der Waals surface area contributed by atoms with Gasteiger partial charge in [0.2, 0.25) is 0 Å². The Kier molecular flexibility index (Phi) is 4.84. The molecular weight excluding hydrogens is 352 g/mol. The first kappa shape index (κ1) is 17.2. The molecule has 2 atom stereocenters. The average Bonchev–Trinajstić information content (AvgIpc) is 2.98. The van der Waals surface area contributed by atoms with E-state index >= 15 is 0 Å². The minimum absolute atomic E-state index is 0.0419. The molecule has 2 saturated heterocycles. The summed E-state index contributed by atoms with van der Waals surface area (Å²) in [6.07, 6.45) is 0. The molecule has 2 aliphatic heterocycles. The van der Waals surface area contributed by atoms with Crippen LogP contribution >= 0.6 is 11.8 Å². The summed E-state index contributed by atoms with van der Waals surface area (Å²) in [7, 11) is -0.113. The summed E-state index contributed by atoms with van der Waals surface area (Å²) in [6, 6.07) is 7.05.